The van der Waals surface area contributed by atoms with E-state index in [4.69, 9.17) is 4.74 Å². The van der Waals surface area contributed by atoms with E-state index in [1.165, 1.54) is 13.0 Å². The lowest BCUT2D eigenvalue weighted by molar-refractivity contribution is -0.148. The van der Waals surface area contributed by atoms with Gasteiger partial charge in [-0.3, -0.25) is 4.79 Å². The molecule has 0 spiro atoms. The highest BCUT2D eigenvalue weighted by atomic mass is 32.2. The Balaban J connectivity index is 1.66. The number of nitrogens with one attached hydrogen (secondary N) is 1. The molecule has 160 valence electrons. The van der Waals surface area contributed by atoms with Crippen LogP contribution in [0.1, 0.15) is 33.3 Å². The van der Waals surface area contributed by atoms with Crippen LogP contribution in [0.5, 0.6) is 0 Å². The largest absolute Gasteiger partial charge is 0.449 e. The third-order valence-corrected chi connectivity index (χ3v) is 5.90. The maximum atomic E-state index is 12.6. The Morgan fingerprint density at radius 1 is 1.20 bits per heavy atom. The number of carbonyl (C=O) groups excluding carboxylic acids is 2. The number of fused-ring (bicyclic) bond motifs is 1. The minimum absolute atomic E-state index is 0.00325. The average Bonchev–Trinajstić information content (AvgIpc) is 2.66. The van der Waals surface area contributed by atoms with Crippen molar-refractivity contribution in [1.29, 1.82) is 0 Å². The number of benzene rings is 1. The molecule has 0 bridgehead atoms. The molecule has 0 saturated carbocycles. The molecule has 1 aromatic rings. The fraction of sp³-hybridized carbons (Fsp3) is 0.381. The van der Waals surface area contributed by atoms with Crippen molar-refractivity contribution >= 4 is 33.4 Å². The van der Waals surface area contributed by atoms with Crippen molar-refractivity contribution in [3.8, 4) is 0 Å². The molecule has 0 unspecified atom stereocenters. The van der Waals surface area contributed by atoms with Crippen LogP contribution in [0.25, 0.3) is 0 Å². The molecule has 8 nitrogen and oxygen atoms in total. The molecule has 1 aromatic carbocycles. The van der Waals surface area contributed by atoms with E-state index in [1.807, 2.05) is 12.1 Å². The molecular formula is C21H25N3O5S. The van der Waals surface area contributed by atoms with Gasteiger partial charge in [-0.2, -0.15) is 0 Å². The molecule has 1 atom stereocenters. The van der Waals surface area contributed by atoms with Crippen LogP contribution >= 0.6 is 0 Å². The lowest BCUT2D eigenvalue weighted by atomic mass is 9.87. The molecule has 30 heavy (non-hydrogen) atoms. The molecule has 0 aliphatic carbocycles. The maximum Gasteiger partial charge on any atom is 0.342 e. The van der Waals surface area contributed by atoms with Crippen molar-refractivity contribution < 1.29 is 22.7 Å². The average molecular weight is 432 g/mol. The highest BCUT2D eigenvalue weighted by Gasteiger charge is 2.32. The summed E-state index contributed by atoms with van der Waals surface area (Å²) in [5, 5.41) is 2.71. The Kier molecular flexibility index (Phi) is 5.85. The van der Waals surface area contributed by atoms with Crippen molar-refractivity contribution in [3.05, 3.63) is 53.8 Å². The first-order valence-electron chi connectivity index (χ1n) is 9.57. The number of anilines is 1. The van der Waals surface area contributed by atoms with E-state index < -0.39 is 28.0 Å². The zero-order valence-corrected chi connectivity index (χ0v) is 18.2. The third-order valence-electron chi connectivity index (χ3n) is 4.75. The van der Waals surface area contributed by atoms with Gasteiger partial charge in [0.05, 0.1) is 5.75 Å². The number of ether oxygens (including phenoxy) is 1. The lowest BCUT2D eigenvalue weighted by Gasteiger charge is -2.28. The van der Waals surface area contributed by atoms with E-state index in [0.29, 0.717) is 5.69 Å². The Morgan fingerprint density at radius 3 is 2.50 bits per heavy atom. The third kappa shape index (κ3) is 4.96. The molecule has 2 heterocycles. The lowest BCUT2D eigenvalue weighted by Crippen LogP contribution is -2.41. The van der Waals surface area contributed by atoms with Gasteiger partial charge in [0.2, 0.25) is 0 Å². The highest BCUT2D eigenvalue weighted by molar-refractivity contribution is 7.90. The van der Waals surface area contributed by atoms with Crippen molar-refractivity contribution in [1.82, 2.24) is 4.90 Å². The van der Waals surface area contributed by atoms with Crippen LogP contribution in [-0.2, 0) is 29.8 Å². The zero-order chi connectivity index (χ0) is 22.1. The van der Waals surface area contributed by atoms with Gasteiger partial charge in [0.1, 0.15) is 5.57 Å². The molecule has 0 radical (unpaired) electrons. The summed E-state index contributed by atoms with van der Waals surface area (Å²) in [6, 6.07) is 7.45. The summed E-state index contributed by atoms with van der Waals surface area (Å²) in [7, 11) is -3.63. The summed E-state index contributed by atoms with van der Waals surface area (Å²) in [6.45, 7) is 7.94. The summed E-state index contributed by atoms with van der Waals surface area (Å²) in [5.74, 6) is -1.42. The minimum Gasteiger partial charge on any atom is -0.449 e. The van der Waals surface area contributed by atoms with E-state index in [-0.39, 0.29) is 29.1 Å². The first kappa shape index (κ1) is 21.8. The van der Waals surface area contributed by atoms with E-state index in [9.17, 15) is 18.0 Å². The van der Waals surface area contributed by atoms with Crippen LogP contribution in [0.4, 0.5) is 5.69 Å². The van der Waals surface area contributed by atoms with E-state index in [1.54, 1.807) is 29.3 Å². The molecule has 2 aliphatic rings. The molecule has 1 N–H and O–H groups in total. The quantitative estimate of drug-likeness (QED) is 0.734. The van der Waals surface area contributed by atoms with Gasteiger partial charge < -0.3 is 15.0 Å². The van der Waals surface area contributed by atoms with E-state index in [0.717, 1.165) is 5.56 Å². The number of rotatable bonds is 4. The number of carbonyl (C=O) groups is 2. The number of nitrogens with zero attached hydrogens (tertiary/aromatic N) is 2. The minimum atomic E-state index is -3.63. The number of amides is 1. The van der Waals surface area contributed by atoms with Crippen LogP contribution in [-0.4, -0.2) is 49.4 Å². The highest BCUT2D eigenvalue weighted by Crippen LogP contribution is 2.24. The van der Waals surface area contributed by atoms with Gasteiger partial charge in [0, 0.05) is 18.4 Å². The fourth-order valence-corrected chi connectivity index (χ4v) is 3.94. The van der Waals surface area contributed by atoms with Gasteiger partial charge in [-0.25, -0.2) is 13.2 Å². The van der Waals surface area contributed by atoms with Gasteiger partial charge in [0.15, 0.2) is 11.9 Å². The predicted molar refractivity (Wildman–Crippen MR) is 114 cm³/mol. The summed E-state index contributed by atoms with van der Waals surface area (Å²) in [5.41, 5.74) is 1.71. The Bertz CT molecular complexity index is 1050. The van der Waals surface area contributed by atoms with Gasteiger partial charge >= 0.3 is 5.97 Å². The predicted octanol–water partition coefficient (Wildman–Crippen LogP) is 2.35. The van der Waals surface area contributed by atoms with Gasteiger partial charge in [-0.05, 0) is 42.2 Å². The number of allylic oxidation sites excluding steroid dienone is 2. The molecule has 0 aromatic heterocycles. The van der Waals surface area contributed by atoms with Crippen molar-refractivity contribution in [3.63, 3.8) is 0 Å². The molecule has 2 aliphatic heterocycles. The second kappa shape index (κ2) is 8.06. The molecule has 9 heteroatoms. The zero-order valence-electron chi connectivity index (χ0n) is 17.4. The molecule has 3 rings (SSSR count). The van der Waals surface area contributed by atoms with Crippen LogP contribution in [0, 0.1) is 0 Å². The maximum absolute atomic E-state index is 12.6. The van der Waals surface area contributed by atoms with Crippen molar-refractivity contribution in [2.45, 2.75) is 39.2 Å². The smallest absolute Gasteiger partial charge is 0.342 e. The topological polar surface area (TPSA) is 105 Å². The van der Waals surface area contributed by atoms with Crippen LogP contribution in [0.3, 0.4) is 0 Å². The second-order valence-electron chi connectivity index (χ2n) is 8.18. The van der Waals surface area contributed by atoms with Gasteiger partial charge in [-0.15, -0.1) is 4.40 Å². The first-order valence-corrected chi connectivity index (χ1v) is 11.2. The summed E-state index contributed by atoms with van der Waals surface area (Å²) < 4.78 is 32.6. The van der Waals surface area contributed by atoms with Crippen molar-refractivity contribution in [2.24, 2.45) is 4.40 Å². The number of hydrogen-bond donors (Lipinski definition) is 1. The number of sulfonamides is 1. The first-order chi connectivity index (χ1) is 14.0. The SMILES string of the molecule is C[C@@H](OC(=O)C1=CC=CN2CCS(=O)(=O)N=C12)C(=O)Nc1ccc(C(C)(C)C)cc1. The van der Waals surface area contributed by atoms with E-state index in [2.05, 4.69) is 30.5 Å². The second-order valence-corrected chi connectivity index (χ2v) is 9.93. The monoisotopic (exact) mass is 431 g/mol. The van der Waals surface area contributed by atoms with Crippen LogP contribution < -0.4 is 5.32 Å². The fourth-order valence-electron chi connectivity index (χ4n) is 2.95. The molecule has 0 fully saturated rings. The Labute approximate surface area is 176 Å². The summed E-state index contributed by atoms with van der Waals surface area (Å²) in [6.07, 6.45) is 3.59. The Morgan fingerprint density at radius 2 is 1.87 bits per heavy atom. The summed E-state index contributed by atoms with van der Waals surface area (Å²) >= 11 is 0. The molecule has 1 amide bonds. The number of esters is 1. The normalized spacial score (nSPS) is 18.6. The Hall–Kier alpha value is -2.94. The van der Waals surface area contributed by atoms with Crippen molar-refractivity contribution in [2.75, 3.05) is 17.6 Å². The standard InChI is InChI=1S/C21H25N3O5S/c1-14(19(25)22-16-9-7-15(8-10-16)21(2,3)4)29-20(26)17-6-5-11-24-12-13-30(27,28)23-18(17)24/h5-11,14H,12-13H2,1-4H3,(H,22,25)/t14-/m1/s1. The van der Waals surface area contributed by atoms with Crippen LogP contribution in [0.2, 0.25) is 0 Å². The van der Waals surface area contributed by atoms with Crippen LogP contribution in [0.15, 0.2) is 52.6 Å². The number of amidine groups is 1. The van der Waals surface area contributed by atoms with Gasteiger partial charge in [0.25, 0.3) is 15.9 Å². The van der Waals surface area contributed by atoms with Gasteiger partial charge in [-0.1, -0.05) is 32.9 Å². The summed E-state index contributed by atoms with van der Waals surface area (Å²) in [4.78, 5) is 26.6. The molecule has 0 saturated heterocycles. The number of hydrogen-bond acceptors (Lipinski definition) is 6. The molecular weight excluding hydrogens is 406 g/mol. The van der Waals surface area contributed by atoms with E-state index >= 15 is 0 Å².